The summed E-state index contributed by atoms with van der Waals surface area (Å²) in [5.74, 6) is 1.42. The van der Waals surface area contributed by atoms with Crippen LogP contribution in [0.4, 0.5) is 0 Å². The fraction of sp³-hybridized carbons (Fsp3) is 0.312. The van der Waals surface area contributed by atoms with E-state index in [1.54, 1.807) is 62.4 Å². The zero-order valence-corrected chi connectivity index (χ0v) is 33.4. The predicted molar refractivity (Wildman–Crippen MR) is 225 cm³/mol. The van der Waals surface area contributed by atoms with Crippen molar-refractivity contribution in [3.63, 3.8) is 0 Å². The van der Waals surface area contributed by atoms with Gasteiger partial charge in [-0.3, -0.25) is 0 Å². The van der Waals surface area contributed by atoms with Crippen molar-refractivity contribution in [1.82, 2.24) is 0 Å². The van der Waals surface area contributed by atoms with Crippen LogP contribution in [0.25, 0.3) is 16.8 Å². The van der Waals surface area contributed by atoms with Crippen LogP contribution in [0.1, 0.15) is 86.7 Å². The molecular weight excluding hydrogens is 721 g/mol. The highest BCUT2D eigenvalue weighted by Gasteiger charge is 2.12. The molecule has 0 aliphatic heterocycles. The molecule has 300 valence electrons. The number of unbranched alkanes of at least 4 members (excludes halogenated alkanes) is 6. The Kier molecular flexibility index (Phi) is 17.7. The van der Waals surface area contributed by atoms with Crippen LogP contribution in [-0.4, -0.2) is 44.3 Å². The van der Waals surface area contributed by atoms with Crippen molar-refractivity contribution in [2.75, 3.05) is 26.4 Å². The summed E-state index contributed by atoms with van der Waals surface area (Å²) in [6.07, 6.45) is 10.7. The maximum Gasteiger partial charge on any atom is 0.343 e. The molecule has 0 amide bonds. The SMILES string of the molecule is C=C(C)C(=C)OCCCCCCOc1ccc2cc(/C=C/C(=O)Oc3ccc(OC(=O)c4ccc(OCCCCCCOC(=O)C(=C)C)cc4)cc3C)ccc2c1. The van der Waals surface area contributed by atoms with E-state index in [2.05, 4.69) is 19.7 Å². The van der Waals surface area contributed by atoms with E-state index in [9.17, 15) is 14.4 Å². The van der Waals surface area contributed by atoms with E-state index in [1.165, 1.54) is 6.08 Å². The Morgan fingerprint density at radius 3 is 1.81 bits per heavy atom. The Labute approximate surface area is 336 Å². The molecule has 0 aliphatic rings. The Morgan fingerprint density at radius 2 is 1.16 bits per heavy atom. The molecule has 0 N–H and O–H groups in total. The van der Waals surface area contributed by atoms with Crippen LogP contribution in [0.5, 0.6) is 23.0 Å². The summed E-state index contributed by atoms with van der Waals surface area (Å²) in [5, 5.41) is 2.07. The zero-order chi connectivity index (χ0) is 41.0. The number of fused-ring (bicyclic) bond motifs is 1. The molecule has 9 heteroatoms. The highest BCUT2D eigenvalue weighted by Crippen LogP contribution is 2.26. The molecular formula is C48H54O9. The van der Waals surface area contributed by atoms with Crippen molar-refractivity contribution < 1.29 is 42.8 Å². The van der Waals surface area contributed by atoms with Crippen LogP contribution in [0.15, 0.2) is 122 Å². The average Bonchev–Trinajstić information content (AvgIpc) is 3.19. The zero-order valence-electron chi connectivity index (χ0n) is 33.4. The number of ether oxygens (including phenoxy) is 6. The summed E-state index contributed by atoms with van der Waals surface area (Å²) in [5.41, 5.74) is 3.13. The monoisotopic (exact) mass is 774 g/mol. The molecule has 0 spiro atoms. The smallest absolute Gasteiger partial charge is 0.343 e. The molecule has 0 fully saturated rings. The fourth-order valence-corrected chi connectivity index (χ4v) is 5.50. The molecule has 0 unspecified atom stereocenters. The second-order valence-corrected chi connectivity index (χ2v) is 13.9. The first kappa shape index (κ1) is 43.6. The fourth-order valence-electron chi connectivity index (χ4n) is 5.50. The average molecular weight is 775 g/mol. The van der Waals surface area contributed by atoms with E-state index in [0.717, 1.165) is 79.0 Å². The van der Waals surface area contributed by atoms with Gasteiger partial charge in [0.25, 0.3) is 0 Å². The molecule has 0 heterocycles. The van der Waals surface area contributed by atoms with E-state index in [4.69, 9.17) is 28.4 Å². The normalized spacial score (nSPS) is 10.9. The van der Waals surface area contributed by atoms with Crippen LogP contribution >= 0.6 is 0 Å². The molecule has 9 nitrogen and oxygen atoms in total. The third kappa shape index (κ3) is 15.5. The number of aryl methyl sites for hydroxylation is 1. The first-order valence-electron chi connectivity index (χ1n) is 19.4. The summed E-state index contributed by atoms with van der Waals surface area (Å²) in [7, 11) is 0. The van der Waals surface area contributed by atoms with E-state index in [-0.39, 0.29) is 5.97 Å². The second kappa shape index (κ2) is 23.1. The highest BCUT2D eigenvalue weighted by atomic mass is 16.5. The van der Waals surface area contributed by atoms with Crippen molar-refractivity contribution in [2.45, 2.75) is 72.1 Å². The topological polar surface area (TPSA) is 107 Å². The molecule has 4 rings (SSSR count). The number of hydrogen-bond donors (Lipinski definition) is 0. The lowest BCUT2D eigenvalue weighted by Crippen LogP contribution is -2.09. The van der Waals surface area contributed by atoms with Gasteiger partial charge in [-0.1, -0.05) is 37.9 Å². The summed E-state index contributed by atoms with van der Waals surface area (Å²) in [6, 6.07) is 23.5. The summed E-state index contributed by atoms with van der Waals surface area (Å²) >= 11 is 0. The summed E-state index contributed by atoms with van der Waals surface area (Å²) in [4.78, 5) is 36.9. The number of allylic oxidation sites excluding steroid dienone is 1. The van der Waals surface area contributed by atoms with Crippen molar-refractivity contribution >= 4 is 34.8 Å². The van der Waals surface area contributed by atoms with Crippen LogP contribution in [0, 0.1) is 6.92 Å². The standard InChI is InChI=1S/C48H54O9/c1-34(2)37(6)52-27-11-7-8-13-29-54-43-23-20-40-32-38(15-17-41(40)33-43)16-26-46(49)57-45-25-24-44(31-36(45)5)56-48(51)39-18-21-42(22-19-39)53-28-12-9-10-14-30-55-47(50)35(3)4/h15-26,31-33H,1,3,6-14,27-30H2,2,4-5H3/b26-16+. The summed E-state index contributed by atoms with van der Waals surface area (Å²) < 4.78 is 33.5. The lowest BCUT2D eigenvalue weighted by molar-refractivity contribution is -0.139. The molecule has 0 bridgehead atoms. The van der Waals surface area contributed by atoms with Gasteiger partial charge in [-0.2, -0.15) is 0 Å². The van der Waals surface area contributed by atoms with Gasteiger partial charge >= 0.3 is 17.9 Å². The van der Waals surface area contributed by atoms with Crippen molar-refractivity contribution in [1.29, 1.82) is 0 Å². The van der Waals surface area contributed by atoms with Gasteiger partial charge in [-0.25, -0.2) is 14.4 Å². The van der Waals surface area contributed by atoms with Crippen molar-refractivity contribution in [3.8, 4) is 23.0 Å². The molecule has 4 aromatic rings. The largest absolute Gasteiger partial charge is 0.494 e. The van der Waals surface area contributed by atoms with Crippen LogP contribution in [-0.2, 0) is 19.1 Å². The van der Waals surface area contributed by atoms with Crippen molar-refractivity contribution in [3.05, 3.63) is 138 Å². The lowest BCUT2D eigenvalue weighted by Gasteiger charge is -2.10. The third-order valence-corrected chi connectivity index (χ3v) is 8.85. The second-order valence-electron chi connectivity index (χ2n) is 13.9. The number of rotatable bonds is 24. The Hall–Kier alpha value is -6.09. The van der Waals surface area contributed by atoms with Crippen LogP contribution in [0.2, 0.25) is 0 Å². The highest BCUT2D eigenvalue weighted by molar-refractivity contribution is 5.92. The molecule has 0 aliphatic carbocycles. The quantitative estimate of drug-likeness (QED) is 0.0172. The van der Waals surface area contributed by atoms with E-state index < -0.39 is 11.9 Å². The van der Waals surface area contributed by atoms with Gasteiger partial charge in [0.1, 0.15) is 28.8 Å². The van der Waals surface area contributed by atoms with Crippen LogP contribution in [0.3, 0.4) is 0 Å². The van der Waals surface area contributed by atoms with Gasteiger partial charge in [0.15, 0.2) is 0 Å². The van der Waals surface area contributed by atoms with Crippen molar-refractivity contribution in [2.24, 2.45) is 0 Å². The number of hydrogen-bond acceptors (Lipinski definition) is 9. The maximum absolute atomic E-state index is 12.8. The molecule has 0 atom stereocenters. The van der Waals surface area contributed by atoms with Gasteiger partial charge in [0.2, 0.25) is 0 Å². The van der Waals surface area contributed by atoms with E-state index in [0.29, 0.717) is 66.1 Å². The first-order chi connectivity index (χ1) is 27.5. The number of carbonyl (C=O) groups excluding carboxylic acids is 3. The molecule has 0 saturated heterocycles. The molecule has 4 aromatic carbocycles. The molecule has 0 radical (unpaired) electrons. The predicted octanol–water partition coefficient (Wildman–Crippen LogP) is 11.1. The number of benzene rings is 4. The van der Waals surface area contributed by atoms with Gasteiger partial charge in [0.05, 0.1) is 32.0 Å². The van der Waals surface area contributed by atoms with E-state index >= 15 is 0 Å². The Morgan fingerprint density at radius 1 is 0.579 bits per heavy atom. The molecule has 57 heavy (non-hydrogen) atoms. The van der Waals surface area contributed by atoms with Gasteiger partial charge in [0, 0.05) is 11.6 Å². The maximum atomic E-state index is 12.8. The lowest BCUT2D eigenvalue weighted by atomic mass is 10.1. The van der Waals surface area contributed by atoms with Gasteiger partial charge < -0.3 is 28.4 Å². The van der Waals surface area contributed by atoms with Crippen LogP contribution < -0.4 is 18.9 Å². The minimum absolute atomic E-state index is 0.329. The third-order valence-electron chi connectivity index (χ3n) is 8.85. The van der Waals surface area contributed by atoms with Gasteiger partial charge in [-0.15, -0.1) is 0 Å². The minimum atomic E-state index is -0.527. The first-order valence-corrected chi connectivity index (χ1v) is 19.4. The Bertz CT molecular complexity index is 2040. The number of carbonyl (C=O) groups is 3. The molecule has 0 aromatic heterocycles. The van der Waals surface area contributed by atoms with E-state index in [1.807, 2.05) is 43.3 Å². The Balaban J connectivity index is 1.15. The molecule has 0 saturated carbocycles. The van der Waals surface area contributed by atoms with Gasteiger partial charge in [-0.05, 0) is 166 Å². The number of esters is 3. The summed E-state index contributed by atoms with van der Waals surface area (Å²) in [6.45, 7) is 18.8. The minimum Gasteiger partial charge on any atom is -0.494 e.